The first-order valence-electron chi connectivity index (χ1n) is 8.71. The third-order valence-electron chi connectivity index (χ3n) is 6.00. The maximum absolute atomic E-state index is 12.7. The fraction of sp³-hybridized carbons (Fsp3) is 0.667. The number of cyclic esters (lactones) is 1. The highest BCUT2D eigenvalue weighted by Crippen LogP contribution is 2.52. The number of epoxide rings is 1. The highest BCUT2D eigenvalue weighted by Gasteiger charge is 2.73. The van der Waals surface area contributed by atoms with Crippen LogP contribution in [0.4, 0.5) is 0 Å². The summed E-state index contributed by atoms with van der Waals surface area (Å²) in [6.45, 7) is 4.76. The maximum atomic E-state index is 12.7. The predicted molar refractivity (Wildman–Crippen MR) is 86.6 cm³/mol. The SMILES string of the molecule is CC=C1CC2(CO)O[C@@]2(C)C(=O)OCC2=CCN3CC[C@@H](OC1=O)[C@@H]23. The lowest BCUT2D eigenvalue weighted by atomic mass is 9.88. The zero-order valence-corrected chi connectivity index (χ0v) is 14.5. The van der Waals surface area contributed by atoms with Crippen LogP contribution in [0.15, 0.2) is 23.3 Å². The van der Waals surface area contributed by atoms with Crippen molar-refractivity contribution in [1.82, 2.24) is 4.90 Å². The van der Waals surface area contributed by atoms with Gasteiger partial charge in [-0.05, 0) is 25.8 Å². The van der Waals surface area contributed by atoms with Crippen LogP contribution in [0.1, 0.15) is 26.7 Å². The molecule has 4 heterocycles. The highest BCUT2D eigenvalue weighted by molar-refractivity contribution is 5.90. The summed E-state index contributed by atoms with van der Waals surface area (Å²) in [5.74, 6) is -0.903. The van der Waals surface area contributed by atoms with Crippen LogP contribution in [0.25, 0.3) is 0 Å². The van der Waals surface area contributed by atoms with Gasteiger partial charge in [-0.15, -0.1) is 0 Å². The minimum atomic E-state index is -1.25. The van der Waals surface area contributed by atoms with E-state index in [4.69, 9.17) is 14.2 Å². The summed E-state index contributed by atoms with van der Waals surface area (Å²) >= 11 is 0. The summed E-state index contributed by atoms with van der Waals surface area (Å²) in [5, 5.41) is 9.80. The zero-order valence-electron chi connectivity index (χ0n) is 14.5. The van der Waals surface area contributed by atoms with Gasteiger partial charge in [0.25, 0.3) is 0 Å². The second-order valence-electron chi connectivity index (χ2n) is 7.31. The number of aliphatic hydroxyl groups is 1. The molecule has 0 aromatic carbocycles. The van der Waals surface area contributed by atoms with Gasteiger partial charge in [0.2, 0.25) is 0 Å². The number of nitrogens with zero attached hydrogens (tertiary/aromatic N) is 1. The van der Waals surface area contributed by atoms with Gasteiger partial charge in [-0.2, -0.15) is 0 Å². The molecule has 0 amide bonds. The van der Waals surface area contributed by atoms with Gasteiger partial charge in [-0.3, -0.25) is 4.90 Å². The molecule has 7 nitrogen and oxygen atoms in total. The lowest BCUT2D eigenvalue weighted by molar-refractivity contribution is -0.150. The van der Waals surface area contributed by atoms with Crippen molar-refractivity contribution in [3.63, 3.8) is 0 Å². The molecule has 0 radical (unpaired) electrons. The minimum Gasteiger partial charge on any atom is -0.459 e. The second-order valence-corrected chi connectivity index (χ2v) is 7.31. The van der Waals surface area contributed by atoms with E-state index in [1.54, 1.807) is 19.9 Å². The Labute approximate surface area is 146 Å². The van der Waals surface area contributed by atoms with Gasteiger partial charge in [0, 0.05) is 25.1 Å². The Balaban J connectivity index is 1.67. The summed E-state index contributed by atoms with van der Waals surface area (Å²) in [7, 11) is 0. The summed E-state index contributed by atoms with van der Waals surface area (Å²) in [6, 6.07) is -0.0233. The van der Waals surface area contributed by atoms with E-state index in [0.29, 0.717) is 5.57 Å². The average Bonchev–Trinajstić information content (AvgIpc) is 2.90. The van der Waals surface area contributed by atoms with Crippen LogP contribution in [0, 0.1) is 0 Å². The summed E-state index contributed by atoms with van der Waals surface area (Å²) in [5.41, 5.74) is -1.00. The molecular weight excluding hydrogens is 326 g/mol. The van der Waals surface area contributed by atoms with Crippen molar-refractivity contribution in [2.45, 2.75) is 50.0 Å². The number of fused-ring (bicyclic) bond motifs is 1. The van der Waals surface area contributed by atoms with E-state index in [1.165, 1.54) is 0 Å². The van der Waals surface area contributed by atoms with Gasteiger partial charge in [-0.25, -0.2) is 9.59 Å². The Morgan fingerprint density at radius 2 is 2.24 bits per heavy atom. The van der Waals surface area contributed by atoms with Gasteiger partial charge < -0.3 is 19.3 Å². The molecule has 4 atom stereocenters. The number of allylic oxidation sites excluding steroid dienone is 1. The standard InChI is InChI=1S/C18H23NO6/c1-3-11-8-18(10-20)17(2,25-18)16(22)23-9-12-4-6-19-7-5-13(14(12)19)24-15(11)21/h3-4,13-14,20H,5-10H2,1-2H3/t13-,14-,17+,18?/m1/s1. The molecular formula is C18H23NO6. The molecule has 4 rings (SSSR count). The van der Waals surface area contributed by atoms with Crippen LogP contribution in [-0.4, -0.2) is 71.6 Å². The highest BCUT2D eigenvalue weighted by atomic mass is 16.7. The summed E-state index contributed by atoms with van der Waals surface area (Å²) in [4.78, 5) is 27.5. The Morgan fingerprint density at radius 1 is 1.44 bits per heavy atom. The molecule has 3 fully saturated rings. The van der Waals surface area contributed by atoms with Crippen molar-refractivity contribution in [2.24, 2.45) is 0 Å². The third kappa shape index (κ3) is 2.37. The van der Waals surface area contributed by atoms with Gasteiger partial charge in [0.1, 0.15) is 18.3 Å². The van der Waals surface area contributed by atoms with Crippen LogP contribution >= 0.6 is 0 Å². The predicted octanol–water partition coefficient (Wildman–Crippen LogP) is 0.326. The second kappa shape index (κ2) is 5.65. The quantitative estimate of drug-likeness (QED) is 0.316. The normalized spacial score (nSPS) is 42.7. The van der Waals surface area contributed by atoms with E-state index in [2.05, 4.69) is 4.90 Å². The zero-order chi connectivity index (χ0) is 17.8. The molecule has 4 aliphatic rings. The van der Waals surface area contributed by atoms with Crippen LogP contribution < -0.4 is 0 Å². The molecule has 0 aliphatic carbocycles. The number of carbonyl (C=O) groups excluding carboxylic acids is 2. The van der Waals surface area contributed by atoms with E-state index in [-0.39, 0.29) is 31.8 Å². The fourth-order valence-electron chi connectivity index (χ4n) is 4.26. The van der Waals surface area contributed by atoms with Crippen LogP contribution in [0.2, 0.25) is 0 Å². The number of aliphatic hydroxyl groups excluding tert-OH is 1. The largest absolute Gasteiger partial charge is 0.459 e. The van der Waals surface area contributed by atoms with Gasteiger partial charge in [0.15, 0.2) is 5.60 Å². The molecule has 1 N–H and O–H groups in total. The topological polar surface area (TPSA) is 88.6 Å². The molecule has 3 saturated heterocycles. The Kier molecular flexibility index (Phi) is 3.79. The molecule has 0 aromatic heterocycles. The van der Waals surface area contributed by atoms with E-state index < -0.39 is 23.1 Å². The van der Waals surface area contributed by atoms with Crippen molar-refractivity contribution in [3.05, 3.63) is 23.3 Å². The van der Waals surface area contributed by atoms with Crippen LogP contribution in [0.3, 0.4) is 0 Å². The third-order valence-corrected chi connectivity index (χ3v) is 6.00. The fourth-order valence-corrected chi connectivity index (χ4v) is 4.26. The number of ether oxygens (including phenoxy) is 3. The van der Waals surface area contributed by atoms with E-state index in [1.807, 2.05) is 6.08 Å². The Hall–Kier alpha value is -1.70. The lowest BCUT2D eigenvalue weighted by Crippen LogP contribution is -2.40. The first-order valence-corrected chi connectivity index (χ1v) is 8.71. The number of carbonyl (C=O) groups is 2. The Bertz CT molecular complexity index is 685. The molecule has 1 unspecified atom stereocenters. The molecule has 0 spiro atoms. The first kappa shape index (κ1) is 16.8. The molecule has 25 heavy (non-hydrogen) atoms. The molecule has 136 valence electrons. The molecule has 7 heteroatoms. The van der Waals surface area contributed by atoms with E-state index >= 15 is 0 Å². The van der Waals surface area contributed by atoms with Gasteiger partial charge >= 0.3 is 11.9 Å². The van der Waals surface area contributed by atoms with Gasteiger partial charge in [-0.1, -0.05) is 12.2 Å². The number of rotatable bonds is 1. The van der Waals surface area contributed by atoms with E-state index in [9.17, 15) is 14.7 Å². The van der Waals surface area contributed by atoms with E-state index in [0.717, 1.165) is 25.1 Å². The van der Waals surface area contributed by atoms with Gasteiger partial charge in [0.05, 0.1) is 12.6 Å². The van der Waals surface area contributed by atoms with Crippen molar-refractivity contribution < 1.29 is 28.9 Å². The molecule has 0 saturated carbocycles. The van der Waals surface area contributed by atoms with Crippen LogP contribution in [0.5, 0.6) is 0 Å². The number of hydrogen-bond donors (Lipinski definition) is 1. The van der Waals surface area contributed by atoms with Crippen molar-refractivity contribution in [3.8, 4) is 0 Å². The molecule has 4 aliphatic heterocycles. The smallest absolute Gasteiger partial charge is 0.341 e. The Morgan fingerprint density at radius 3 is 2.96 bits per heavy atom. The number of hydrogen-bond acceptors (Lipinski definition) is 7. The van der Waals surface area contributed by atoms with Crippen molar-refractivity contribution in [2.75, 3.05) is 26.3 Å². The van der Waals surface area contributed by atoms with Crippen molar-refractivity contribution >= 4 is 11.9 Å². The lowest BCUT2D eigenvalue weighted by Gasteiger charge is -2.26. The summed E-state index contributed by atoms with van der Waals surface area (Å²) < 4.78 is 16.9. The molecule has 0 bridgehead atoms. The first-order chi connectivity index (χ1) is 11.9. The monoisotopic (exact) mass is 349 g/mol. The average molecular weight is 349 g/mol. The summed E-state index contributed by atoms with van der Waals surface area (Å²) in [6.07, 6.45) is 4.34. The number of esters is 2. The maximum Gasteiger partial charge on any atom is 0.341 e. The minimum absolute atomic E-state index is 0.0233. The van der Waals surface area contributed by atoms with Crippen molar-refractivity contribution in [1.29, 1.82) is 0 Å². The van der Waals surface area contributed by atoms with Crippen LogP contribution in [-0.2, 0) is 23.8 Å². The molecule has 0 aromatic rings.